The van der Waals surface area contributed by atoms with Crippen LogP contribution in [0.4, 0.5) is 10.2 Å². The van der Waals surface area contributed by atoms with E-state index >= 15 is 0 Å². The quantitative estimate of drug-likeness (QED) is 0.848. The number of carbonyl (C=O) groups is 1. The lowest BCUT2D eigenvalue weighted by atomic mass is 10.4. The number of aryl methyl sites for hydroxylation is 1. The van der Waals surface area contributed by atoms with E-state index in [1.165, 1.54) is 12.1 Å². The fourth-order valence-corrected chi connectivity index (χ4v) is 1.72. The Morgan fingerprint density at radius 3 is 2.87 bits per heavy atom. The summed E-state index contributed by atoms with van der Waals surface area (Å²) in [7, 11) is 1.75. The minimum absolute atomic E-state index is 0.332. The highest BCUT2D eigenvalue weighted by Gasteiger charge is 2.10. The molecule has 0 fully saturated rings. The number of amides is 1. The van der Waals surface area contributed by atoms with Crippen LogP contribution in [0.1, 0.15) is 9.67 Å². The second-order valence-electron chi connectivity index (χ2n) is 2.93. The SMILES string of the molecule is Cn1ccc(NC(=O)c2ccc(F)s2)n1. The molecule has 1 N–H and O–H groups in total. The zero-order valence-corrected chi connectivity index (χ0v) is 8.71. The number of carbonyl (C=O) groups excluding carboxylic acids is 1. The number of aromatic nitrogens is 2. The number of anilines is 1. The maximum absolute atomic E-state index is 12.6. The van der Waals surface area contributed by atoms with Crippen LogP contribution >= 0.6 is 11.3 Å². The molecule has 0 aromatic carbocycles. The van der Waals surface area contributed by atoms with Gasteiger partial charge in [-0.25, -0.2) is 0 Å². The molecule has 0 bridgehead atoms. The number of thiophene rings is 1. The monoisotopic (exact) mass is 225 g/mol. The molecule has 0 unspecified atom stereocenters. The number of rotatable bonds is 2. The van der Waals surface area contributed by atoms with Crippen LogP contribution in [0.2, 0.25) is 0 Å². The highest BCUT2D eigenvalue weighted by atomic mass is 32.1. The molecule has 2 aromatic heterocycles. The van der Waals surface area contributed by atoms with E-state index in [0.717, 1.165) is 11.3 Å². The Bertz CT molecular complexity index is 491. The molecule has 78 valence electrons. The van der Waals surface area contributed by atoms with Crippen molar-refractivity contribution in [3.8, 4) is 0 Å². The van der Waals surface area contributed by atoms with Crippen molar-refractivity contribution in [2.24, 2.45) is 7.05 Å². The number of hydrogen-bond acceptors (Lipinski definition) is 3. The van der Waals surface area contributed by atoms with Crippen molar-refractivity contribution >= 4 is 23.1 Å². The Morgan fingerprint density at radius 2 is 2.33 bits per heavy atom. The van der Waals surface area contributed by atoms with Crippen molar-refractivity contribution in [1.29, 1.82) is 0 Å². The lowest BCUT2D eigenvalue weighted by molar-refractivity contribution is 0.103. The zero-order chi connectivity index (χ0) is 10.8. The fraction of sp³-hybridized carbons (Fsp3) is 0.111. The Morgan fingerprint density at radius 1 is 1.53 bits per heavy atom. The number of nitrogens with zero attached hydrogens (tertiary/aromatic N) is 2. The first-order valence-corrected chi connectivity index (χ1v) is 5.03. The van der Waals surface area contributed by atoms with Crippen LogP contribution in [0, 0.1) is 5.13 Å². The minimum atomic E-state index is -0.374. The molecule has 6 heteroatoms. The van der Waals surface area contributed by atoms with E-state index in [2.05, 4.69) is 10.4 Å². The Kier molecular flexibility index (Phi) is 2.51. The third-order valence-corrected chi connectivity index (χ3v) is 2.62. The van der Waals surface area contributed by atoms with Crippen LogP contribution < -0.4 is 5.32 Å². The fourth-order valence-electron chi connectivity index (χ4n) is 1.10. The molecule has 2 rings (SSSR count). The predicted octanol–water partition coefficient (Wildman–Crippen LogP) is 1.87. The van der Waals surface area contributed by atoms with Crippen molar-refractivity contribution in [1.82, 2.24) is 9.78 Å². The molecule has 0 aliphatic carbocycles. The van der Waals surface area contributed by atoms with Crippen LogP contribution in [0.5, 0.6) is 0 Å². The highest BCUT2D eigenvalue weighted by molar-refractivity contribution is 7.12. The first-order chi connectivity index (χ1) is 7.15. The van der Waals surface area contributed by atoms with E-state index in [-0.39, 0.29) is 11.0 Å². The summed E-state index contributed by atoms with van der Waals surface area (Å²) < 4.78 is 14.2. The summed E-state index contributed by atoms with van der Waals surface area (Å²) in [6, 6.07) is 4.37. The van der Waals surface area contributed by atoms with E-state index < -0.39 is 0 Å². The van der Waals surface area contributed by atoms with Gasteiger partial charge in [0, 0.05) is 19.3 Å². The average molecular weight is 225 g/mol. The molecule has 0 radical (unpaired) electrons. The molecule has 0 aliphatic rings. The summed E-state index contributed by atoms with van der Waals surface area (Å²) in [4.78, 5) is 11.9. The molecule has 2 heterocycles. The van der Waals surface area contributed by atoms with Gasteiger partial charge in [0.05, 0.1) is 4.88 Å². The van der Waals surface area contributed by atoms with Crippen LogP contribution in [0.3, 0.4) is 0 Å². The Hall–Kier alpha value is -1.69. The van der Waals surface area contributed by atoms with Gasteiger partial charge in [-0.1, -0.05) is 0 Å². The Balaban J connectivity index is 2.10. The molecular weight excluding hydrogens is 217 g/mol. The average Bonchev–Trinajstić information content (AvgIpc) is 2.75. The van der Waals surface area contributed by atoms with Crippen molar-refractivity contribution in [2.45, 2.75) is 0 Å². The van der Waals surface area contributed by atoms with Gasteiger partial charge in [-0.2, -0.15) is 9.49 Å². The molecular formula is C9H8FN3OS. The minimum Gasteiger partial charge on any atom is -0.304 e. The van der Waals surface area contributed by atoms with E-state index in [0.29, 0.717) is 10.7 Å². The van der Waals surface area contributed by atoms with Gasteiger partial charge in [0.1, 0.15) is 0 Å². The molecule has 0 saturated carbocycles. The first-order valence-electron chi connectivity index (χ1n) is 4.21. The predicted molar refractivity (Wildman–Crippen MR) is 55.4 cm³/mol. The summed E-state index contributed by atoms with van der Waals surface area (Å²) in [5.74, 6) is 0.110. The smallest absolute Gasteiger partial charge is 0.267 e. The molecule has 0 saturated heterocycles. The number of nitrogens with one attached hydrogen (secondary N) is 1. The standard InChI is InChI=1S/C9H8FN3OS/c1-13-5-4-8(12-13)11-9(14)6-2-3-7(10)15-6/h2-5H,1H3,(H,11,12,14). The molecule has 2 aromatic rings. The van der Waals surface area contributed by atoms with Gasteiger partial charge in [-0.05, 0) is 12.1 Å². The zero-order valence-electron chi connectivity index (χ0n) is 7.90. The lowest BCUT2D eigenvalue weighted by Gasteiger charge is -1.97. The van der Waals surface area contributed by atoms with Gasteiger partial charge in [-0.15, -0.1) is 11.3 Å². The molecule has 15 heavy (non-hydrogen) atoms. The van der Waals surface area contributed by atoms with Gasteiger partial charge >= 0.3 is 0 Å². The van der Waals surface area contributed by atoms with Gasteiger partial charge in [0.15, 0.2) is 10.9 Å². The van der Waals surface area contributed by atoms with Crippen molar-refractivity contribution in [3.63, 3.8) is 0 Å². The lowest BCUT2D eigenvalue weighted by Crippen LogP contribution is -2.10. The summed E-state index contributed by atoms with van der Waals surface area (Å²) in [6.45, 7) is 0. The number of hydrogen-bond donors (Lipinski definition) is 1. The summed E-state index contributed by atoms with van der Waals surface area (Å²) in [5, 5.41) is 6.17. The first kappa shape index (κ1) is 9.85. The van der Waals surface area contributed by atoms with E-state index in [1.807, 2.05) is 0 Å². The molecule has 0 atom stereocenters. The summed E-state index contributed by atoms with van der Waals surface area (Å²) in [5.41, 5.74) is 0. The van der Waals surface area contributed by atoms with Crippen LogP contribution in [-0.4, -0.2) is 15.7 Å². The summed E-state index contributed by atoms with van der Waals surface area (Å²) in [6.07, 6.45) is 1.71. The largest absolute Gasteiger partial charge is 0.304 e. The maximum atomic E-state index is 12.6. The second-order valence-corrected chi connectivity index (χ2v) is 3.97. The van der Waals surface area contributed by atoms with Crippen LogP contribution in [-0.2, 0) is 7.05 Å². The van der Waals surface area contributed by atoms with Crippen LogP contribution in [0.25, 0.3) is 0 Å². The third kappa shape index (κ3) is 2.21. The normalized spacial score (nSPS) is 10.3. The van der Waals surface area contributed by atoms with Crippen molar-refractivity contribution in [3.05, 3.63) is 34.4 Å². The van der Waals surface area contributed by atoms with Gasteiger partial charge in [0.2, 0.25) is 0 Å². The second kappa shape index (κ2) is 3.82. The van der Waals surface area contributed by atoms with Gasteiger partial charge in [-0.3, -0.25) is 9.48 Å². The Labute approximate surface area is 89.3 Å². The van der Waals surface area contributed by atoms with E-state index in [9.17, 15) is 9.18 Å². The van der Waals surface area contributed by atoms with Gasteiger partial charge in [0.25, 0.3) is 5.91 Å². The molecule has 1 amide bonds. The number of halogens is 1. The summed E-state index contributed by atoms with van der Waals surface area (Å²) >= 11 is 0.809. The van der Waals surface area contributed by atoms with Crippen molar-refractivity contribution < 1.29 is 9.18 Å². The topological polar surface area (TPSA) is 46.9 Å². The molecule has 0 spiro atoms. The van der Waals surface area contributed by atoms with E-state index in [4.69, 9.17) is 0 Å². The molecule has 4 nitrogen and oxygen atoms in total. The highest BCUT2D eigenvalue weighted by Crippen LogP contribution is 2.15. The van der Waals surface area contributed by atoms with E-state index in [1.54, 1.807) is 24.0 Å². The van der Waals surface area contributed by atoms with Gasteiger partial charge < -0.3 is 5.32 Å². The maximum Gasteiger partial charge on any atom is 0.267 e. The third-order valence-electron chi connectivity index (χ3n) is 1.75. The molecule has 0 aliphatic heterocycles. The van der Waals surface area contributed by atoms with Crippen molar-refractivity contribution in [2.75, 3.05) is 5.32 Å². The van der Waals surface area contributed by atoms with Crippen LogP contribution in [0.15, 0.2) is 24.4 Å².